The molecule has 3 N–H and O–H groups in total. The molecule has 1 unspecified atom stereocenters. The molecule has 1 amide bonds. The molecule has 2 aromatic carbocycles. The van der Waals surface area contributed by atoms with Gasteiger partial charge < -0.3 is 15.2 Å². The van der Waals surface area contributed by atoms with Crippen LogP contribution in [0, 0.1) is 19.8 Å². The number of para-hydroxylation sites is 1. The lowest BCUT2D eigenvalue weighted by Crippen LogP contribution is -2.46. The van der Waals surface area contributed by atoms with Crippen molar-refractivity contribution >= 4 is 22.6 Å². The lowest BCUT2D eigenvalue weighted by molar-refractivity contribution is -0.137. The molecule has 1 aliphatic heterocycles. The Balaban J connectivity index is 1.21. The molecule has 0 saturated heterocycles. The number of amides is 1. The van der Waals surface area contributed by atoms with Crippen LogP contribution in [0.15, 0.2) is 42.5 Å². The number of aromatic nitrogens is 4. The van der Waals surface area contributed by atoms with Crippen LogP contribution < -0.4 is 5.32 Å². The van der Waals surface area contributed by atoms with Gasteiger partial charge in [-0.25, -0.2) is 4.98 Å². The van der Waals surface area contributed by atoms with E-state index in [0.717, 1.165) is 59.6 Å². The van der Waals surface area contributed by atoms with Gasteiger partial charge in [0.05, 0.1) is 29.2 Å². The summed E-state index contributed by atoms with van der Waals surface area (Å²) in [4.78, 5) is 23.9. The van der Waals surface area contributed by atoms with Crippen LogP contribution >= 0.6 is 0 Å². The summed E-state index contributed by atoms with van der Waals surface area (Å²) in [5.41, 5.74) is 8.63. The van der Waals surface area contributed by atoms with Gasteiger partial charge in [0.2, 0.25) is 5.91 Å². The van der Waals surface area contributed by atoms with Crippen LogP contribution in [-0.4, -0.2) is 43.6 Å². The van der Waals surface area contributed by atoms with E-state index >= 15 is 0 Å². The number of aryl methyl sites for hydroxylation is 2. The Labute approximate surface area is 205 Å². The number of rotatable bonds is 4. The number of nitrogens with zero attached hydrogens (tertiary/aromatic N) is 3. The van der Waals surface area contributed by atoms with E-state index in [1.54, 1.807) is 0 Å². The summed E-state index contributed by atoms with van der Waals surface area (Å²) in [6, 6.07) is 14.7. The third-order valence-electron chi connectivity index (χ3n) is 7.78. The van der Waals surface area contributed by atoms with Crippen LogP contribution in [0.5, 0.6) is 0 Å². The number of benzene rings is 2. The van der Waals surface area contributed by atoms with Crippen LogP contribution in [0.2, 0.25) is 0 Å². The lowest BCUT2D eigenvalue weighted by Gasteiger charge is -2.37. The zero-order valence-corrected chi connectivity index (χ0v) is 20.4. The number of hydrogen-bond donors (Lipinski definition) is 3. The first-order valence-electron chi connectivity index (χ1n) is 12.7. The third-order valence-corrected chi connectivity index (χ3v) is 7.78. The van der Waals surface area contributed by atoms with E-state index in [0.29, 0.717) is 13.1 Å². The molecule has 7 nitrogen and oxygen atoms in total. The highest BCUT2D eigenvalue weighted by Gasteiger charge is 2.36. The van der Waals surface area contributed by atoms with E-state index in [1.165, 1.54) is 23.1 Å². The highest BCUT2D eigenvalue weighted by Crippen LogP contribution is 2.33. The first-order valence-corrected chi connectivity index (χ1v) is 12.7. The first kappa shape index (κ1) is 21.9. The van der Waals surface area contributed by atoms with Gasteiger partial charge in [0.15, 0.2) is 5.82 Å². The quantitative estimate of drug-likeness (QED) is 0.388. The normalized spacial score (nSPS) is 20.1. The molecule has 180 valence electrons. The summed E-state index contributed by atoms with van der Waals surface area (Å²) >= 11 is 0. The Morgan fingerprint density at radius 2 is 1.89 bits per heavy atom. The predicted octanol–water partition coefficient (Wildman–Crippen LogP) is 5.13. The molecule has 1 aliphatic carbocycles. The van der Waals surface area contributed by atoms with Gasteiger partial charge in [0, 0.05) is 23.8 Å². The lowest BCUT2D eigenvalue weighted by atomic mass is 9.83. The number of carbonyl (C=O) groups is 1. The minimum Gasteiger partial charge on any atom is -0.382 e. The summed E-state index contributed by atoms with van der Waals surface area (Å²) in [6.45, 7) is 5.51. The van der Waals surface area contributed by atoms with E-state index in [1.807, 2.05) is 23.1 Å². The second-order valence-electron chi connectivity index (χ2n) is 10.1. The molecule has 2 atom stereocenters. The Hall–Kier alpha value is -3.61. The van der Waals surface area contributed by atoms with Crippen molar-refractivity contribution in [1.29, 1.82) is 0 Å². The molecule has 3 heterocycles. The fourth-order valence-electron chi connectivity index (χ4n) is 5.67. The topological polar surface area (TPSA) is 89.7 Å². The number of anilines is 1. The number of fused-ring (bicyclic) bond motifs is 2. The summed E-state index contributed by atoms with van der Waals surface area (Å²) < 4.78 is 0. The fraction of sp³-hybridized carbons (Fsp3) is 0.393. The summed E-state index contributed by atoms with van der Waals surface area (Å²) in [5.74, 6) is 1.06. The van der Waals surface area contributed by atoms with Gasteiger partial charge in [0.1, 0.15) is 5.69 Å². The summed E-state index contributed by atoms with van der Waals surface area (Å²) in [6.07, 6.45) is 5.04. The average Bonchev–Trinajstić information content (AvgIpc) is 3.48. The van der Waals surface area contributed by atoms with Crippen LogP contribution in [0.1, 0.15) is 48.1 Å². The number of aromatic amines is 2. The van der Waals surface area contributed by atoms with Crippen molar-refractivity contribution in [3.63, 3.8) is 0 Å². The number of H-pyrrole nitrogens is 2. The molecule has 0 radical (unpaired) electrons. The van der Waals surface area contributed by atoms with Crippen molar-refractivity contribution in [2.45, 2.75) is 58.5 Å². The Kier molecular flexibility index (Phi) is 5.55. The van der Waals surface area contributed by atoms with Gasteiger partial charge in [-0.3, -0.25) is 9.89 Å². The monoisotopic (exact) mass is 468 g/mol. The van der Waals surface area contributed by atoms with E-state index in [9.17, 15) is 4.79 Å². The molecule has 1 fully saturated rings. The van der Waals surface area contributed by atoms with Crippen LogP contribution in [0.25, 0.3) is 22.6 Å². The van der Waals surface area contributed by atoms with Crippen molar-refractivity contribution in [1.82, 2.24) is 25.1 Å². The van der Waals surface area contributed by atoms with Crippen molar-refractivity contribution in [2.24, 2.45) is 5.92 Å². The first-order chi connectivity index (χ1) is 17.1. The molecule has 0 bridgehead atoms. The highest BCUT2D eigenvalue weighted by atomic mass is 16.2. The van der Waals surface area contributed by atoms with Crippen LogP contribution in [0.4, 0.5) is 5.69 Å². The fourth-order valence-corrected chi connectivity index (χ4v) is 5.67. The molecule has 0 spiro atoms. The van der Waals surface area contributed by atoms with Gasteiger partial charge in [-0.1, -0.05) is 31.0 Å². The van der Waals surface area contributed by atoms with Gasteiger partial charge in [0.25, 0.3) is 0 Å². The van der Waals surface area contributed by atoms with Crippen molar-refractivity contribution < 1.29 is 4.79 Å². The number of imidazole rings is 1. The third kappa shape index (κ3) is 4.09. The number of hydrogen-bond acceptors (Lipinski definition) is 4. The maximum atomic E-state index is 13.7. The van der Waals surface area contributed by atoms with Crippen LogP contribution in [0.3, 0.4) is 0 Å². The number of carbonyl (C=O) groups excluding carboxylic acids is 1. The molecule has 1 saturated carbocycles. The van der Waals surface area contributed by atoms with Crippen LogP contribution in [-0.2, 0) is 17.8 Å². The largest absolute Gasteiger partial charge is 0.382 e. The van der Waals surface area contributed by atoms with Gasteiger partial charge in [-0.2, -0.15) is 5.10 Å². The SMILES string of the molecule is Cc1cc2nc(-c3n[nH]c4c3CCN(C(=O)[C@H]3CCCCC3Nc3ccccc3)C4)[nH]c2cc1C. The van der Waals surface area contributed by atoms with Gasteiger partial charge in [-0.15, -0.1) is 0 Å². The van der Waals surface area contributed by atoms with Gasteiger partial charge >= 0.3 is 0 Å². The standard InChI is InChI=1S/C28H32N6O/c1-17-14-23-24(15-18(17)2)31-27(30-23)26-20-12-13-34(16-25(20)32-33-26)28(35)21-10-6-7-11-22(21)29-19-8-4-3-5-9-19/h3-5,8-9,14-15,21-22,29H,6-7,10-13,16H2,1-2H3,(H,30,31)(H,32,33)/t21-,22?/m0/s1. The van der Waals surface area contributed by atoms with E-state index in [2.05, 4.69) is 58.6 Å². The minimum absolute atomic E-state index is 0.00903. The molecular weight excluding hydrogens is 436 g/mol. The van der Waals surface area contributed by atoms with Crippen molar-refractivity contribution in [2.75, 3.05) is 11.9 Å². The Morgan fingerprint density at radius 3 is 2.74 bits per heavy atom. The summed E-state index contributed by atoms with van der Waals surface area (Å²) in [7, 11) is 0. The smallest absolute Gasteiger partial charge is 0.228 e. The maximum absolute atomic E-state index is 13.7. The predicted molar refractivity (Wildman–Crippen MR) is 138 cm³/mol. The molecule has 6 rings (SSSR count). The molecule has 2 aromatic heterocycles. The molecule has 4 aromatic rings. The van der Waals surface area contributed by atoms with Gasteiger partial charge in [-0.05, 0) is 68.5 Å². The minimum atomic E-state index is 0.00903. The zero-order valence-electron chi connectivity index (χ0n) is 20.4. The summed E-state index contributed by atoms with van der Waals surface area (Å²) in [5, 5.41) is 11.5. The zero-order chi connectivity index (χ0) is 23.9. The Morgan fingerprint density at radius 1 is 1.09 bits per heavy atom. The highest BCUT2D eigenvalue weighted by molar-refractivity contribution is 5.82. The second-order valence-corrected chi connectivity index (χ2v) is 10.1. The molecule has 35 heavy (non-hydrogen) atoms. The van der Waals surface area contributed by atoms with Crippen molar-refractivity contribution in [3.8, 4) is 11.5 Å². The maximum Gasteiger partial charge on any atom is 0.228 e. The molecule has 2 aliphatic rings. The Bertz CT molecular complexity index is 1330. The van der Waals surface area contributed by atoms with E-state index in [4.69, 9.17) is 4.98 Å². The average molecular weight is 469 g/mol. The molecular formula is C28H32N6O. The van der Waals surface area contributed by atoms with E-state index < -0.39 is 0 Å². The second kappa shape index (κ2) is 8.87. The van der Waals surface area contributed by atoms with E-state index in [-0.39, 0.29) is 17.9 Å². The van der Waals surface area contributed by atoms with Crippen molar-refractivity contribution in [3.05, 3.63) is 64.8 Å². The molecule has 7 heteroatoms. The number of nitrogens with one attached hydrogen (secondary N) is 3.